The molecular weight excluding hydrogens is 178 g/mol. The van der Waals surface area contributed by atoms with Gasteiger partial charge < -0.3 is 15.6 Å². The minimum atomic E-state index is -0.0546. The Hall–Kier alpha value is 0.170. The zero-order chi connectivity index (χ0) is 7.95. The molecule has 1 saturated carbocycles. The summed E-state index contributed by atoms with van der Waals surface area (Å²) in [6, 6.07) is 0. The number of hydrogen-bond donors (Lipinski definition) is 2. The molecule has 0 aromatic rings. The van der Waals surface area contributed by atoms with E-state index >= 15 is 0 Å². The van der Waals surface area contributed by atoms with Crippen LogP contribution in [0.3, 0.4) is 0 Å². The lowest BCUT2D eigenvalue weighted by molar-refractivity contribution is -0.230. The third-order valence-corrected chi connectivity index (χ3v) is 3.14. The van der Waals surface area contributed by atoms with E-state index in [1.54, 1.807) is 0 Å². The minimum Gasteiger partial charge on any atom is -0.396 e. The number of halogens is 1. The second kappa shape index (κ2) is 3.14. The predicted molar refractivity (Wildman–Crippen MR) is 48.4 cm³/mol. The van der Waals surface area contributed by atoms with E-state index in [9.17, 15) is 0 Å². The molecule has 3 nitrogen and oxygen atoms in total. The van der Waals surface area contributed by atoms with E-state index in [1.165, 1.54) is 0 Å². The van der Waals surface area contributed by atoms with Crippen LogP contribution in [-0.4, -0.2) is 30.5 Å². The molecule has 0 radical (unpaired) electrons. The first-order valence-electron chi connectivity index (χ1n) is 4.19. The van der Waals surface area contributed by atoms with Crippen LogP contribution in [0, 0.1) is 5.41 Å². The molecule has 4 heteroatoms. The monoisotopic (exact) mass is 193 g/mol. The van der Waals surface area contributed by atoms with Crippen LogP contribution in [-0.2, 0) is 4.74 Å². The Balaban J connectivity index is 0.000000720. The van der Waals surface area contributed by atoms with Gasteiger partial charge in [-0.2, -0.15) is 0 Å². The van der Waals surface area contributed by atoms with Crippen molar-refractivity contribution >= 4 is 12.4 Å². The fourth-order valence-corrected chi connectivity index (χ4v) is 2.47. The van der Waals surface area contributed by atoms with E-state index in [0.29, 0.717) is 13.2 Å². The second-order valence-corrected chi connectivity index (χ2v) is 4.00. The van der Waals surface area contributed by atoms with Gasteiger partial charge in [-0.1, -0.05) is 0 Å². The molecule has 2 saturated heterocycles. The van der Waals surface area contributed by atoms with Crippen LogP contribution in [0.15, 0.2) is 0 Å². The van der Waals surface area contributed by atoms with E-state index in [0.717, 1.165) is 25.9 Å². The lowest BCUT2D eigenvalue weighted by atomic mass is 9.56. The largest absolute Gasteiger partial charge is 0.396 e. The maximum atomic E-state index is 9.10. The second-order valence-electron chi connectivity index (χ2n) is 4.00. The summed E-state index contributed by atoms with van der Waals surface area (Å²) >= 11 is 0. The first kappa shape index (κ1) is 10.3. The van der Waals surface area contributed by atoms with Crippen molar-refractivity contribution in [2.45, 2.75) is 24.9 Å². The molecule has 2 bridgehead atoms. The molecule has 0 atom stereocenters. The first-order chi connectivity index (χ1) is 5.24. The topological polar surface area (TPSA) is 55.5 Å². The highest BCUT2D eigenvalue weighted by Crippen LogP contribution is 2.55. The van der Waals surface area contributed by atoms with Gasteiger partial charge in [-0.25, -0.2) is 0 Å². The van der Waals surface area contributed by atoms with Crippen LogP contribution in [0.2, 0.25) is 0 Å². The van der Waals surface area contributed by atoms with Gasteiger partial charge in [0, 0.05) is 25.2 Å². The Labute approximate surface area is 78.7 Å². The van der Waals surface area contributed by atoms with Gasteiger partial charge in [-0.05, 0) is 19.3 Å². The summed E-state index contributed by atoms with van der Waals surface area (Å²) in [5, 5.41) is 9.10. The summed E-state index contributed by atoms with van der Waals surface area (Å²) in [6.45, 7) is 1.69. The first-order valence-corrected chi connectivity index (χ1v) is 4.19. The molecule has 0 unspecified atom stereocenters. The Morgan fingerprint density at radius 3 is 2.58 bits per heavy atom. The number of rotatable bonds is 2. The smallest absolute Gasteiger partial charge is 0.0816 e. The Morgan fingerprint density at radius 2 is 2.08 bits per heavy atom. The molecule has 3 fully saturated rings. The van der Waals surface area contributed by atoms with E-state index in [4.69, 9.17) is 15.6 Å². The average molecular weight is 194 g/mol. The van der Waals surface area contributed by atoms with Crippen LogP contribution >= 0.6 is 12.4 Å². The quantitative estimate of drug-likeness (QED) is 0.663. The van der Waals surface area contributed by atoms with Crippen LogP contribution in [0.4, 0.5) is 0 Å². The number of nitrogens with two attached hydrogens (primary N) is 1. The third kappa shape index (κ3) is 1.25. The van der Waals surface area contributed by atoms with Crippen molar-refractivity contribution in [2.75, 3.05) is 19.8 Å². The summed E-state index contributed by atoms with van der Waals surface area (Å²) in [5.41, 5.74) is 5.71. The highest BCUT2D eigenvalue weighted by Gasteiger charge is 2.57. The average Bonchev–Trinajstić information content (AvgIpc) is 2.04. The maximum absolute atomic E-state index is 9.10. The summed E-state index contributed by atoms with van der Waals surface area (Å²) in [6.07, 6.45) is 2.94. The lowest BCUT2D eigenvalue weighted by Gasteiger charge is -2.59. The van der Waals surface area contributed by atoms with Gasteiger partial charge in [0.25, 0.3) is 0 Å². The van der Waals surface area contributed by atoms with E-state index < -0.39 is 0 Å². The van der Waals surface area contributed by atoms with E-state index in [2.05, 4.69) is 0 Å². The molecule has 2 heterocycles. The van der Waals surface area contributed by atoms with Crippen LogP contribution in [0.5, 0.6) is 0 Å². The highest BCUT2D eigenvalue weighted by atomic mass is 35.5. The van der Waals surface area contributed by atoms with Crippen LogP contribution in [0.25, 0.3) is 0 Å². The van der Waals surface area contributed by atoms with Gasteiger partial charge in [-0.3, -0.25) is 0 Å². The van der Waals surface area contributed by atoms with Gasteiger partial charge in [0.2, 0.25) is 0 Å². The molecule has 1 aliphatic carbocycles. The fourth-order valence-electron chi connectivity index (χ4n) is 2.47. The van der Waals surface area contributed by atoms with Crippen molar-refractivity contribution in [3.8, 4) is 0 Å². The van der Waals surface area contributed by atoms with Crippen molar-refractivity contribution in [2.24, 2.45) is 11.1 Å². The van der Waals surface area contributed by atoms with Gasteiger partial charge in [0.05, 0.1) is 5.60 Å². The van der Waals surface area contributed by atoms with E-state index in [-0.39, 0.29) is 23.4 Å². The van der Waals surface area contributed by atoms with Crippen molar-refractivity contribution in [3.05, 3.63) is 0 Å². The van der Waals surface area contributed by atoms with Crippen LogP contribution in [0.1, 0.15) is 19.3 Å². The van der Waals surface area contributed by atoms with Gasteiger partial charge in [0.15, 0.2) is 0 Å². The SMILES string of the molecule is Cl.NCC12CC(CO)(CCO1)C2. The molecular formula is C8H16ClNO2. The Kier molecular flexibility index (Phi) is 2.69. The summed E-state index contributed by atoms with van der Waals surface area (Å²) in [4.78, 5) is 0. The molecule has 3 N–H and O–H groups in total. The van der Waals surface area contributed by atoms with E-state index in [1.807, 2.05) is 0 Å². The van der Waals surface area contributed by atoms with Crippen molar-refractivity contribution in [1.82, 2.24) is 0 Å². The molecule has 0 aromatic carbocycles. The molecule has 3 aliphatic rings. The number of aliphatic hydroxyl groups excluding tert-OH is 1. The molecule has 72 valence electrons. The zero-order valence-electron chi connectivity index (χ0n) is 7.08. The van der Waals surface area contributed by atoms with Crippen LogP contribution < -0.4 is 5.73 Å². The summed E-state index contributed by atoms with van der Waals surface area (Å²) < 4.78 is 5.57. The molecule has 0 spiro atoms. The maximum Gasteiger partial charge on any atom is 0.0816 e. The van der Waals surface area contributed by atoms with Gasteiger partial charge >= 0.3 is 0 Å². The van der Waals surface area contributed by atoms with Gasteiger partial charge in [-0.15, -0.1) is 12.4 Å². The van der Waals surface area contributed by atoms with Crippen molar-refractivity contribution < 1.29 is 9.84 Å². The Morgan fingerprint density at radius 1 is 1.42 bits per heavy atom. The Bertz CT molecular complexity index is 152. The number of hydrogen-bond acceptors (Lipinski definition) is 3. The third-order valence-electron chi connectivity index (χ3n) is 3.14. The molecule has 0 aromatic heterocycles. The standard InChI is InChI=1S/C8H15NO2.ClH/c9-5-8-3-7(4-8,6-10)1-2-11-8;/h10H,1-6,9H2;1H. The fraction of sp³-hybridized carbons (Fsp3) is 1.00. The molecule has 12 heavy (non-hydrogen) atoms. The molecule has 2 aliphatic heterocycles. The van der Waals surface area contributed by atoms with Crippen molar-refractivity contribution in [3.63, 3.8) is 0 Å². The molecule has 3 rings (SSSR count). The summed E-state index contributed by atoms with van der Waals surface area (Å²) in [7, 11) is 0. The normalized spacial score (nSPS) is 44.5. The highest BCUT2D eigenvalue weighted by molar-refractivity contribution is 5.85. The molecule has 0 amide bonds. The predicted octanol–water partition coefficient (Wildman–Crippen LogP) is 0.298. The van der Waals surface area contributed by atoms with Gasteiger partial charge in [0.1, 0.15) is 0 Å². The number of fused-ring (bicyclic) bond motifs is 2. The lowest BCUT2D eigenvalue weighted by Crippen LogP contribution is -2.63. The number of ether oxygens (including phenoxy) is 1. The number of aliphatic hydroxyl groups is 1. The minimum absolute atomic E-state index is 0. The zero-order valence-corrected chi connectivity index (χ0v) is 7.90. The van der Waals surface area contributed by atoms with Crippen molar-refractivity contribution in [1.29, 1.82) is 0 Å². The summed E-state index contributed by atoms with van der Waals surface area (Å²) in [5.74, 6) is 0.